The Balaban J connectivity index is 1.34. The molecule has 0 spiro atoms. The maximum Gasteiger partial charge on any atom is 0.264 e. The van der Waals surface area contributed by atoms with Gasteiger partial charge in [0.15, 0.2) is 0 Å². The summed E-state index contributed by atoms with van der Waals surface area (Å²) in [5.41, 5.74) is 4.48. The first-order valence-electron chi connectivity index (χ1n) is 15.1. The van der Waals surface area contributed by atoms with Crippen LogP contribution in [-0.4, -0.2) is 52.0 Å². The Kier molecular flexibility index (Phi) is 7.82. The highest BCUT2D eigenvalue weighted by Gasteiger charge is 2.37. The third kappa shape index (κ3) is 5.25. The molecule has 0 aliphatic carbocycles. The van der Waals surface area contributed by atoms with E-state index in [9.17, 15) is 13.2 Å². The number of carbonyl (C=O) groups is 1. The number of hydrogen-bond acceptors (Lipinski definition) is 5. The van der Waals surface area contributed by atoms with Gasteiger partial charge in [-0.25, -0.2) is 8.42 Å². The smallest absolute Gasteiger partial charge is 0.264 e. The molecule has 47 heavy (non-hydrogen) atoms. The van der Waals surface area contributed by atoms with Crippen LogP contribution in [0.4, 0.5) is 5.69 Å². The number of benzene rings is 5. The molecule has 238 valence electrons. The molecular weight excluding hydrogens is 634 g/mol. The van der Waals surface area contributed by atoms with E-state index in [0.29, 0.717) is 24.4 Å². The van der Waals surface area contributed by atoms with Gasteiger partial charge in [-0.05, 0) is 89.0 Å². The number of sulfonamides is 1. The minimum absolute atomic E-state index is 0.0410. The van der Waals surface area contributed by atoms with Crippen molar-refractivity contribution in [3.63, 3.8) is 0 Å². The number of carbonyl (C=O) groups excluding carboxylic acids is 1. The number of hydrogen-bond donors (Lipinski definition) is 1. The SMILES string of the molecule is COc1ccc(N(C)S(=O)(=O)c2ccc(Cl)c(C(=O)N3CCc4c([nH]c5ccc(OC)cc45)C3c3cccc4ccccc34)c2)cc1. The number of halogens is 1. The summed E-state index contributed by atoms with van der Waals surface area (Å²) >= 11 is 6.69. The Morgan fingerprint density at radius 2 is 1.60 bits per heavy atom. The Hall–Kier alpha value is -4.99. The number of amides is 1. The van der Waals surface area contributed by atoms with Crippen LogP contribution in [0.3, 0.4) is 0 Å². The molecule has 5 aromatic carbocycles. The molecule has 0 saturated carbocycles. The van der Waals surface area contributed by atoms with E-state index in [-0.39, 0.29) is 21.4 Å². The average Bonchev–Trinajstić information content (AvgIpc) is 3.48. The van der Waals surface area contributed by atoms with Gasteiger partial charge in [0.2, 0.25) is 0 Å². The van der Waals surface area contributed by atoms with Crippen LogP contribution in [0.15, 0.2) is 108 Å². The zero-order valence-corrected chi connectivity index (χ0v) is 27.6. The monoisotopic (exact) mass is 665 g/mol. The molecule has 0 fully saturated rings. The van der Waals surface area contributed by atoms with Crippen LogP contribution in [0.5, 0.6) is 11.5 Å². The molecule has 10 heteroatoms. The van der Waals surface area contributed by atoms with Gasteiger partial charge in [-0.2, -0.15) is 0 Å². The first-order chi connectivity index (χ1) is 22.7. The second-order valence-electron chi connectivity index (χ2n) is 11.5. The largest absolute Gasteiger partial charge is 0.497 e. The maximum atomic E-state index is 14.6. The van der Waals surface area contributed by atoms with E-state index in [1.54, 1.807) is 43.4 Å². The molecule has 2 heterocycles. The van der Waals surface area contributed by atoms with Gasteiger partial charge in [-0.1, -0.05) is 54.1 Å². The number of ether oxygens (including phenoxy) is 2. The van der Waals surface area contributed by atoms with Crippen molar-refractivity contribution in [3.8, 4) is 11.5 Å². The molecule has 6 aromatic rings. The van der Waals surface area contributed by atoms with Crippen molar-refractivity contribution in [2.24, 2.45) is 0 Å². The second kappa shape index (κ2) is 12.0. The Labute approximate surface area is 278 Å². The van der Waals surface area contributed by atoms with Gasteiger partial charge in [0.05, 0.1) is 41.4 Å². The fourth-order valence-corrected chi connectivity index (χ4v) is 7.92. The van der Waals surface area contributed by atoms with E-state index < -0.39 is 16.1 Å². The fraction of sp³-hybridized carbons (Fsp3) is 0.162. The van der Waals surface area contributed by atoms with Gasteiger partial charge < -0.3 is 19.4 Å². The highest BCUT2D eigenvalue weighted by Crippen LogP contribution is 2.42. The van der Waals surface area contributed by atoms with E-state index in [1.807, 2.05) is 42.5 Å². The van der Waals surface area contributed by atoms with Crippen molar-refractivity contribution in [1.82, 2.24) is 9.88 Å². The molecule has 7 rings (SSSR count). The number of fused-ring (bicyclic) bond motifs is 4. The summed E-state index contributed by atoms with van der Waals surface area (Å²) in [5, 5.41) is 3.29. The van der Waals surface area contributed by atoms with Crippen LogP contribution < -0.4 is 13.8 Å². The van der Waals surface area contributed by atoms with E-state index >= 15 is 0 Å². The summed E-state index contributed by atoms with van der Waals surface area (Å²) in [7, 11) is 0.628. The van der Waals surface area contributed by atoms with Crippen LogP contribution in [0, 0.1) is 0 Å². The number of rotatable bonds is 7. The molecular formula is C37H32ClN3O5S. The molecule has 1 amide bonds. The molecule has 1 aromatic heterocycles. The molecule has 1 aliphatic heterocycles. The number of methoxy groups -OCH3 is 2. The lowest BCUT2D eigenvalue weighted by Crippen LogP contribution is -2.41. The van der Waals surface area contributed by atoms with Crippen LogP contribution >= 0.6 is 11.6 Å². The summed E-state index contributed by atoms with van der Waals surface area (Å²) in [4.78, 5) is 20.0. The van der Waals surface area contributed by atoms with Crippen molar-refractivity contribution < 1.29 is 22.7 Å². The third-order valence-electron chi connectivity index (χ3n) is 8.98. The third-order valence-corrected chi connectivity index (χ3v) is 11.1. The number of aromatic amines is 1. The predicted molar refractivity (Wildman–Crippen MR) is 185 cm³/mol. The molecule has 1 N–H and O–H groups in total. The number of H-pyrrole nitrogens is 1. The van der Waals surface area contributed by atoms with E-state index in [0.717, 1.165) is 44.2 Å². The number of nitrogens with one attached hydrogen (secondary N) is 1. The van der Waals surface area contributed by atoms with Gasteiger partial charge in [0, 0.05) is 30.2 Å². The Morgan fingerprint density at radius 3 is 2.36 bits per heavy atom. The van der Waals surface area contributed by atoms with Gasteiger partial charge in [0.1, 0.15) is 11.5 Å². The zero-order valence-electron chi connectivity index (χ0n) is 26.0. The second-order valence-corrected chi connectivity index (χ2v) is 13.8. The lowest BCUT2D eigenvalue weighted by molar-refractivity contribution is 0.0693. The summed E-state index contributed by atoms with van der Waals surface area (Å²) in [5.74, 6) is 1.00. The van der Waals surface area contributed by atoms with Crippen molar-refractivity contribution in [1.29, 1.82) is 0 Å². The summed E-state index contributed by atoms with van der Waals surface area (Å²) in [6.45, 7) is 0.392. The van der Waals surface area contributed by atoms with E-state index in [4.69, 9.17) is 21.1 Å². The molecule has 0 radical (unpaired) electrons. The van der Waals surface area contributed by atoms with Crippen molar-refractivity contribution >= 4 is 54.9 Å². The quantitative estimate of drug-likeness (QED) is 0.190. The summed E-state index contributed by atoms with van der Waals surface area (Å²) < 4.78 is 39.5. The molecule has 0 bridgehead atoms. The van der Waals surface area contributed by atoms with Crippen molar-refractivity contribution in [2.75, 3.05) is 32.1 Å². The van der Waals surface area contributed by atoms with Gasteiger partial charge >= 0.3 is 0 Å². The highest BCUT2D eigenvalue weighted by molar-refractivity contribution is 7.92. The first-order valence-corrected chi connectivity index (χ1v) is 16.9. The zero-order chi connectivity index (χ0) is 32.9. The maximum absolute atomic E-state index is 14.6. The van der Waals surface area contributed by atoms with Crippen molar-refractivity contribution in [3.05, 3.63) is 131 Å². The van der Waals surface area contributed by atoms with Crippen LogP contribution in [0.1, 0.15) is 33.2 Å². The molecule has 1 atom stereocenters. The van der Waals surface area contributed by atoms with Gasteiger partial charge in [0.25, 0.3) is 15.9 Å². The van der Waals surface area contributed by atoms with Gasteiger partial charge in [-0.3, -0.25) is 9.10 Å². The standard InChI is InChI=1S/C37H32ClN3O5S/c1-40(24-11-13-25(45-2)14-12-24)47(43,44)27-16-17-33(38)32(22-27)37(42)41-20-19-29-31-21-26(46-3)15-18-34(31)39-35(29)36(41)30-10-6-8-23-7-4-5-9-28(23)30/h4-18,21-22,36,39H,19-20H2,1-3H3. The van der Waals surface area contributed by atoms with Crippen molar-refractivity contribution in [2.45, 2.75) is 17.4 Å². The lowest BCUT2D eigenvalue weighted by Gasteiger charge is -2.37. The number of nitrogens with zero attached hydrogens (tertiary/aromatic N) is 2. The molecule has 0 saturated heterocycles. The Bertz CT molecular complexity index is 2260. The summed E-state index contributed by atoms with van der Waals surface area (Å²) in [6, 6.07) is 30.6. The van der Waals surface area contributed by atoms with Crippen LogP contribution in [-0.2, 0) is 16.4 Å². The first kappa shape index (κ1) is 30.7. The van der Waals surface area contributed by atoms with Crippen LogP contribution in [0.2, 0.25) is 5.02 Å². The molecule has 1 aliphatic rings. The normalized spacial score (nSPS) is 14.6. The summed E-state index contributed by atoms with van der Waals surface area (Å²) in [6.07, 6.45) is 0.589. The van der Waals surface area contributed by atoms with E-state index in [1.165, 1.54) is 29.6 Å². The minimum atomic E-state index is -4.04. The lowest BCUT2D eigenvalue weighted by atomic mass is 9.89. The highest BCUT2D eigenvalue weighted by atomic mass is 35.5. The minimum Gasteiger partial charge on any atom is -0.497 e. The van der Waals surface area contributed by atoms with Crippen LogP contribution in [0.25, 0.3) is 21.7 Å². The fourth-order valence-electron chi connectivity index (χ4n) is 6.50. The number of anilines is 1. The average molecular weight is 666 g/mol. The number of aromatic nitrogens is 1. The Morgan fingerprint density at radius 1 is 0.872 bits per heavy atom. The molecule has 1 unspecified atom stereocenters. The van der Waals surface area contributed by atoms with E-state index in [2.05, 4.69) is 23.2 Å². The predicted octanol–water partition coefficient (Wildman–Crippen LogP) is 7.60. The topological polar surface area (TPSA) is 91.9 Å². The molecule has 8 nitrogen and oxygen atoms in total. The van der Waals surface area contributed by atoms with Gasteiger partial charge in [-0.15, -0.1) is 0 Å².